The molecular weight excluding hydrogens is 1130 g/mol. The van der Waals surface area contributed by atoms with Gasteiger partial charge in [-0.2, -0.15) is 0 Å². The number of nitrogens with one attached hydrogen (secondary N) is 1. The van der Waals surface area contributed by atoms with Crippen LogP contribution in [0.1, 0.15) is 425 Å². The van der Waals surface area contributed by atoms with Crippen LogP contribution in [-0.4, -0.2) is 99.6 Å². The van der Waals surface area contributed by atoms with Crippen LogP contribution in [0.3, 0.4) is 0 Å². The van der Waals surface area contributed by atoms with Gasteiger partial charge in [0.25, 0.3) is 0 Å². The van der Waals surface area contributed by atoms with Crippen molar-refractivity contribution < 1.29 is 49.3 Å². The maximum atomic E-state index is 13.5. The molecule has 1 saturated heterocycles. The topological polar surface area (TPSA) is 175 Å². The molecule has 0 radical (unpaired) electrons. The lowest BCUT2D eigenvalue weighted by molar-refractivity contribution is -0.305. The fraction of sp³-hybridized carbons (Fsp3) is 0.950. The molecular formula is C80H155NO10. The molecule has 6 N–H and O–H groups in total. The fourth-order valence-electron chi connectivity index (χ4n) is 13.4. The Labute approximate surface area is 563 Å². The SMILES string of the molecule is CCCCCCCCCCC/C=C/C(O)C(COC1OC(CO)C(O)C(O)C1OC(=O)CCCCCCCCCCCCCCCCCCCCCCCCCCCCC)NC(=O)C(O)CCCCCCCCCCCCCCCCCCCCCCCCCC. The van der Waals surface area contributed by atoms with E-state index in [2.05, 4.69) is 26.1 Å². The van der Waals surface area contributed by atoms with Crippen LogP contribution >= 0.6 is 0 Å². The van der Waals surface area contributed by atoms with Crippen molar-refractivity contribution in [2.45, 2.75) is 474 Å². The zero-order chi connectivity index (χ0) is 66.0. The summed E-state index contributed by atoms with van der Waals surface area (Å²) in [6.07, 6.45) is 72.9. The molecule has 0 spiro atoms. The minimum atomic E-state index is -1.61. The molecule has 0 aromatic rings. The number of amides is 1. The predicted molar refractivity (Wildman–Crippen MR) is 385 cm³/mol. The Hall–Kier alpha value is -1.60. The van der Waals surface area contributed by atoms with E-state index in [1.165, 1.54) is 321 Å². The smallest absolute Gasteiger partial charge is 0.306 e. The third kappa shape index (κ3) is 55.1. The van der Waals surface area contributed by atoms with Crippen molar-refractivity contribution >= 4 is 11.9 Å². The Kier molecular flexibility index (Phi) is 65.6. The monoisotopic (exact) mass is 1290 g/mol. The van der Waals surface area contributed by atoms with Gasteiger partial charge in [0.15, 0.2) is 12.4 Å². The molecule has 0 saturated carbocycles. The second-order valence-electron chi connectivity index (χ2n) is 28.5. The number of unbranched alkanes of at least 4 members (excludes halogenated alkanes) is 58. The quantitative estimate of drug-likeness (QED) is 0.0195. The molecule has 8 unspecified atom stereocenters. The number of hydrogen-bond donors (Lipinski definition) is 6. The molecule has 1 aliphatic heterocycles. The summed E-state index contributed by atoms with van der Waals surface area (Å²) in [4.78, 5) is 26.8. The summed E-state index contributed by atoms with van der Waals surface area (Å²) in [6.45, 7) is 5.88. The third-order valence-corrected chi connectivity index (χ3v) is 19.7. The summed E-state index contributed by atoms with van der Waals surface area (Å²) < 4.78 is 17.8. The molecule has 8 atom stereocenters. The highest BCUT2D eigenvalue weighted by atomic mass is 16.7. The normalized spacial score (nSPS) is 17.9. The molecule has 1 aliphatic rings. The van der Waals surface area contributed by atoms with Crippen LogP contribution in [0.5, 0.6) is 0 Å². The average Bonchev–Trinajstić information content (AvgIpc) is 1.01. The van der Waals surface area contributed by atoms with Gasteiger partial charge in [-0.1, -0.05) is 405 Å². The summed E-state index contributed by atoms with van der Waals surface area (Å²) in [5, 5.41) is 57.4. The van der Waals surface area contributed by atoms with Crippen molar-refractivity contribution in [3.63, 3.8) is 0 Å². The molecule has 0 aliphatic carbocycles. The van der Waals surface area contributed by atoms with Crippen LogP contribution in [-0.2, 0) is 23.8 Å². The lowest BCUT2D eigenvalue weighted by Crippen LogP contribution is -2.61. The number of allylic oxidation sites excluding steroid dienone is 1. The van der Waals surface area contributed by atoms with Crippen LogP contribution in [0, 0.1) is 0 Å². The number of aliphatic hydroxyl groups is 5. The molecule has 1 amide bonds. The number of esters is 1. The van der Waals surface area contributed by atoms with E-state index in [9.17, 15) is 35.1 Å². The van der Waals surface area contributed by atoms with Crippen molar-refractivity contribution in [1.82, 2.24) is 5.32 Å². The number of hydrogen-bond acceptors (Lipinski definition) is 10. The van der Waals surface area contributed by atoms with E-state index in [-0.39, 0.29) is 13.0 Å². The van der Waals surface area contributed by atoms with Crippen LogP contribution in [0.25, 0.3) is 0 Å². The number of carbonyl (C=O) groups is 2. The molecule has 11 heteroatoms. The summed E-state index contributed by atoms with van der Waals surface area (Å²) >= 11 is 0. The molecule has 11 nitrogen and oxygen atoms in total. The Balaban J connectivity index is 2.44. The van der Waals surface area contributed by atoms with E-state index in [0.29, 0.717) is 19.3 Å². The first-order chi connectivity index (χ1) is 44.7. The highest BCUT2D eigenvalue weighted by Crippen LogP contribution is 2.27. The van der Waals surface area contributed by atoms with Crippen molar-refractivity contribution in [2.24, 2.45) is 0 Å². The first-order valence-corrected chi connectivity index (χ1v) is 40.5. The maximum Gasteiger partial charge on any atom is 0.306 e. The highest BCUT2D eigenvalue weighted by molar-refractivity contribution is 5.80. The second-order valence-corrected chi connectivity index (χ2v) is 28.5. The van der Waals surface area contributed by atoms with Crippen LogP contribution < -0.4 is 5.32 Å². The molecule has 91 heavy (non-hydrogen) atoms. The van der Waals surface area contributed by atoms with Crippen LogP contribution in [0.4, 0.5) is 0 Å². The molecule has 0 aromatic heterocycles. The van der Waals surface area contributed by atoms with E-state index in [0.717, 1.165) is 57.8 Å². The predicted octanol–water partition coefficient (Wildman–Crippen LogP) is 21.8. The Morgan fingerprint density at radius 3 is 1.03 bits per heavy atom. The second kappa shape index (κ2) is 68.3. The largest absolute Gasteiger partial charge is 0.454 e. The summed E-state index contributed by atoms with van der Waals surface area (Å²) in [5.74, 6) is -1.17. The minimum absolute atomic E-state index is 0.132. The molecule has 0 bridgehead atoms. The number of aliphatic hydroxyl groups excluding tert-OH is 5. The van der Waals surface area contributed by atoms with Gasteiger partial charge in [-0.15, -0.1) is 0 Å². The van der Waals surface area contributed by atoms with E-state index >= 15 is 0 Å². The van der Waals surface area contributed by atoms with E-state index in [1.54, 1.807) is 6.08 Å². The lowest BCUT2D eigenvalue weighted by Gasteiger charge is -2.41. The minimum Gasteiger partial charge on any atom is -0.454 e. The van der Waals surface area contributed by atoms with Gasteiger partial charge >= 0.3 is 5.97 Å². The van der Waals surface area contributed by atoms with E-state index < -0.39 is 67.4 Å². The molecule has 0 aromatic carbocycles. The van der Waals surface area contributed by atoms with Gasteiger partial charge in [-0.25, -0.2) is 0 Å². The van der Waals surface area contributed by atoms with Gasteiger partial charge in [0, 0.05) is 6.42 Å². The van der Waals surface area contributed by atoms with Crippen molar-refractivity contribution in [2.75, 3.05) is 13.2 Å². The maximum absolute atomic E-state index is 13.5. The number of carbonyl (C=O) groups excluding carboxylic acids is 2. The molecule has 1 heterocycles. The van der Waals surface area contributed by atoms with Crippen molar-refractivity contribution in [3.05, 3.63) is 12.2 Å². The number of rotatable bonds is 72. The standard InChI is InChI=1S/C80H155NO10/c1-4-7-10-13-16-19-22-24-26-28-30-32-34-36-37-38-40-42-44-46-48-50-53-56-59-62-65-68-75(85)91-78-77(87)76(86)74(69-82)90-80(78)89-70-71(72(83)66-63-60-57-54-51-21-18-15-12-9-6-3)81-79(88)73(84)67-64-61-58-55-52-49-47-45-43-41-39-35-33-31-29-27-25-23-20-17-14-11-8-5-2/h63,66,71-74,76-78,80,82-84,86-87H,4-62,64-65,67-70H2,1-3H3,(H,81,88)/b66-63+. The zero-order valence-electron chi connectivity index (χ0n) is 60.5. The summed E-state index contributed by atoms with van der Waals surface area (Å²) in [6, 6.07) is -1.02. The average molecular weight is 1290 g/mol. The van der Waals surface area contributed by atoms with Crippen LogP contribution in [0.2, 0.25) is 0 Å². The van der Waals surface area contributed by atoms with Gasteiger partial charge in [0.1, 0.15) is 24.4 Å². The Morgan fingerprint density at radius 1 is 0.418 bits per heavy atom. The summed E-state index contributed by atoms with van der Waals surface area (Å²) in [7, 11) is 0. The zero-order valence-corrected chi connectivity index (χ0v) is 60.5. The van der Waals surface area contributed by atoms with E-state index in [4.69, 9.17) is 14.2 Å². The first kappa shape index (κ1) is 87.4. The van der Waals surface area contributed by atoms with Gasteiger partial charge in [0.2, 0.25) is 5.91 Å². The van der Waals surface area contributed by atoms with Gasteiger partial charge in [-0.3, -0.25) is 9.59 Å². The highest BCUT2D eigenvalue weighted by Gasteiger charge is 2.47. The number of ether oxygens (including phenoxy) is 3. The van der Waals surface area contributed by atoms with Crippen molar-refractivity contribution in [1.29, 1.82) is 0 Å². The van der Waals surface area contributed by atoms with Crippen molar-refractivity contribution in [3.8, 4) is 0 Å². The Morgan fingerprint density at radius 2 is 0.714 bits per heavy atom. The van der Waals surface area contributed by atoms with E-state index in [1.807, 2.05) is 6.08 Å². The fourth-order valence-corrected chi connectivity index (χ4v) is 13.4. The van der Waals surface area contributed by atoms with Gasteiger partial charge in [0.05, 0.1) is 25.4 Å². The first-order valence-electron chi connectivity index (χ1n) is 40.5. The third-order valence-electron chi connectivity index (χ3n) is 19.7. The molecule has 540 valence electrons. The molecule has 1 fully saturated rings. The molecule has 1 rings (SSSR count). The van der Waals surface area contributed by atoms with Crippen LogP contribution in [0.15, 0.2) is 12.2 Å². The van der Waals surface area contributed by atoms with Gasteiger partial charge in [-0.05, 0) is 25.7 Å². The van der Waals surface area contributed by atoms with Gasteiger partial charge < -0.3 is 45.1 Å². The summed E-state index contributed by atoms with van der Waals surface area (Å²) in [5.41, 5.74) is 0. The lowest BCUT2D eigenvalue weighted by atomic mass is 9.99. The Bertz CT molecular complexity index is 1530.